The van der Waals surface area contributed by atoms with E-state index >= 15 is 0 Å². The number of rotatable bonds is 4. The van der Waals surface area contributed by atoms with Gasteiger partial charge >= 0.3 is 6.03 Å². The Morgan fingerprint density at radius 1 is 1.39 bits per heavy atom. The Morgan fingerprint density at radius 2 is 2.25 bits per heavy atom. The fraction of sp³-hybridized carbons (Fsp3) is 0.350. The van der Waals surface area contributed by atoms with E-state index in [2.05, 4.69) is 15.4 Å². The highest BCUT2D eigenvalue weighted by molar-refractivity contribution is 5.90. The molecule has 2 atom stereocenters. The second-order valence-corrected chi connectivity index (χ2v) is 7.21. The van der Waals surface area contributed by atoms with Crippen LogP contribution in [0.3, 0.4) is 0 Å². The maximum absolute atomic E-state index is 12.8. The average Bonchev–Trinajstić information content (AvgIpc) is 3.41. The second kappa shape index (κ2) is 7.47. The van der Waals surface area contributed by atoms with Gasteiger partial charge in [0.25, 0.3) is 0 Å². The van der Waals surface area contributed by atoms with Crippen LogP contribution in [0, 0.1) is 12.8 Å². The molecule has 28 heavy (non-hydrogen) atoms. The smallest absolute Gasteiger partial charge is 0.321 e. The third kappa shape index (κ3) is 3.63. The van der Waals surface area contributed by atoms with Gasteiger partial charge in [-0.2, -0.15) is 5.10 Å². The molecule has 2 amide bonds. The van der Waals surface area contributed by atoms with Crippen LogP contribution in [0.15, 0.2) is 47.3 Å². The zero-order valence-electron chi connectivity index (χ0n) is 15.9. The first-order valence-corrected chi connectivity index (χ1v) is 9.21. The van der Waals surface area contributed by atoms with Gasteiger partial charge in [0.1, 0.15) is 6.26 Å². The van der Waals surface area contributed by atoms with Crippen molar-refractivity contribution in [1.82, 2.24) is 19.7 Å². The zero-order valence-corrected chi connectivity index (χ0v) is 15.9. The lowest BCUT2D eigenvalue weighted by atomic mass is 9.92. The number of carbonyl (C=O) groups excluding carboxylic acids is 1. The Balaban J connectivity index is 1.47. The summed E-state index contributed by atoms with van der Waals surface area (Å²) in [6.07, 6.45) is 5.34. The summed E-state index contributed by atoms with van der Waals surface area (Å²) in [5, 5.41) is 16.9. The van der Waals surface area contributed by atoms with Gasteiger partial charge in [0.2, 0.25) is 5.89 Å². The van der Waals surface area contributed by atoms with E-state index in [4.69, 9.17) is 4.42 Å². The maximum atomic E-state index is 12.8. The van der Waals surface area contributed by atoms with Crippen molar-refractivity contribution in [3.63, 3.8) is 0 Å². The molecule has 2 N–H and O–H groups in total. The van der Waals surface area contributed by atoms with Crippen molar-refractivity contribution in [2.75, 3.05) is 25.0 Å². The fourth-order valence-corrected chi connectivity index (χ4v) is 3.65. The molecule has 3 aromatic rings. The molecule has 1 fully saturated rings. The highest BCUT2D eigenvalue weighted by atomic mass is 16.3. The van der Waals surface area contributed by atoms with E-state index < -0.39 is 0 Å². The van der Waals surface area contributed by atoms with Crippen molar-refractivity contribution in [1.29, 1.82) is 0 Å². The molecule has 8 heteroatoms. The van der Waals surface area contributed by atoms with Gasteiger partial charge in [-0.3, -0.25) is 4.68 Å². The molecule has 1 saturated heterocycles. The summed E-state index contributed by atoms with van der Waals surface area (Å²) >= 11 is 0. The Hall–Kier alpha value is -3.13. The number of amides is 2. The summed E-state index contributed by atoms with van der Waals surface area (Å²) in [6.45, 7) is 2.94. The number of nitrogens with one attached hydrogen (secondary N) is 1. The van der Waals surface area contributed by atoms with E-state index in [1.807, 2.05) is 44.4 Å². The molecule has 4 rings (SSSR count). The molecule has 3 heterocycles. The van der Waals surface area contributed by atoms with Crippen LogP contribution < -0.4 is 5.32 Å². The number of carbonyl (C=O) groups is 1. The van der Waals surface area contributed by atoms with Crippen LogP contribution in [0.1, 0.15) is 17.2 Å². The van der Waals surface area contributed by atoms with Crippen LogP contribution in [0.4, 0.5) is 10.5 Å². The number of nitrogens with zero attached hydrogens (tertiary/aromatic N) is 4. The Kier molecular flexibility index (Phi) is 4.87. The number of likely N-dealkylation sites (tertiary alicyclic amines) is 1. The van der Waals surface area contributed by atoms with E-state index in [1.54, 1.807) is 22.0 Å². The van der Waals surface area contributed by atoms with E-state index in [1.165, 1.54) is 0 Å². The molecule has 0 bridgehead atoms. The van der Waals surface area contributed by atoms with Gasteiger partial charge in [0, 0.05) is 56.0 Å². The number of benzene rings is 1. The van der Waals surface area contributed by atoms with Gasteiger partial charge in [-0.1, -0.05) is 6.07 Å². The Morgan fingerprint density at radius 3 is 2.93 bits per heavy atom. The number of aliphatic hydroxyl groups excluding tert-OH is 1. The van der Waals surface area contributed by atoms with Crippen LogP contribution >= 0.6 is 0 Å². The average molecular weight is 381 g/mol. The lowest BCUT2D eigenvalue weighted by Crippen LogP contribution is -2.33. The van der Waals surface area contributed by atoms with Crippen molar-refractivity contribution in [3.05, 3.63) is 54.2 Å². The standard InChI is InChI=1S/C20H23N5O3/c1-13-12-28-19(22-13)14-4-3-5-17(6-14)23-20(27)25-9-16(11-26)18(10-25)15-7-21-24(2)8-15/h3-8,12,16,18,26H,9-11H2,1-2H3,(H,23,27)/t16-,18-/m0/s1. The van der Waals surface area contributed by atoms with Crippen LogP contribution in [-0.4, -0.2) is 50.5 Å². The van der Waals surface area contributed by atoms with E-state index in [9.17, 15) is 9.90 Å². The summed E-state index contributed by atoms with van der Waals surface area (Å²) in [6, 6.07) is 7.21. The number of aryl methyl sites for hydroxylation is 2. The van der Waals surface area contributed by atoms with Gasteiger partial charge in [-0.25, -0.2) is 9.78 Å². The monoisotopic (exact) mass is 381 g/mol. The van der Waals surface area contributed by atoms with E-state index in [0.717, 1.165) is 16.8 Å². The minimum absolute atomic E-state index is 0.00317. The number of hydrogen-bond acceptors (Lipinski definition) is 5. The quantitative estimate of drug-likeness (QED) is 0.724. The molecule has 2 aromatic heterocycles. The van der Waals surface area contributed by atoms with Gasteiger partial charge in [-0.05, 0) is 30.7 Å². The molecule has 0 spiro atoms. The summed E-state index contributed by atoms with van der Waals surface area (Å²) in [5.74, 6) is 0.592. The minimum atomic E-state index is -0.189. The molecular weight excluding hydrogens is 358 g/mol. The molecular formula is C20H23N5O3. The van der Waals surface area contributed by atoms with Crippen LogP contribution in [0.25, 0.3) is 11.5 Å². The number of oxazole rings is 1. The van der Waals surface area contributed by atoms with E-state index in [0.29, 0.717) is 24.7 Å². The maximum Gasteiger partial charge on any atom is 0.321 e. The molecule has 146 valence electrons. The predicted octanol–water partition coefficient (Wildman–Crippen LogP) is 2.62. The fourth-order valence-electron chi connectivity index (χ4n) is 3.65. The van der Waals surface area contributed by atoms with Crippen LogP contribution in [0.5, 0.6) is 0 Å². The van der Waals surface area contributed by atoms with Crippen molar-refractivity contribution < 1.29 is 14.3 Å². The third-order valence-electron chi connectivity index (χ3n) is 5.10. The number of aliphatic hydroxyl groups is 1. The number of urea groups is 1. The van der Waals surface area contributed by atoms with Gasteiger partial charge in [0.05, 0.1) is 11.9 Å². The second-order valence-electron chi connectivity index (χ2n) is 7.21. The summed E-state index contributed by atoms with van der Waals surface area (Å²) < 4.78 is 7.17. The Bertz CT molecular complexity index is 980. The number of hydrogen-bond donors (Lipinski definition) is 2. The largest absolute Gasteiger partial charge is 0.444 e. The third-order valence-corrected chi connectivity index (χ3v) is 5.10. The van der Waals surface area contributed by atoms with Crippen molar-refractivity contribution >= 4 is 11.7 Å². The molecule has 1 aliphatic heterocycles. The van der Waals surface area contributed by atoms with Gasteiger partial charge in [-0.15, -0.1) is 0 Å². The first-order valence-electron chi connectivity index (χ1n) is 9.21. The Labute approximate surface area is 162 Å². The lowest BCUT2D eigenvalue weighted by molar-refractivity contribution is 0.206. The lowest BCUT2D eigenvalue weighted by Gasteiger charge is -2.17. The van der Waals surface area contributed by atoms with Crippen molar-refractivity contribution in [3.8, 4) is 11.5 Å². The number of anilines is 1. The molecule has 0 aliphatic carbocycles. The highest BCUT2D eigenvalue weighted by Gasteiger charge is 2.36. The highest BCUT2D eigenvalue weighted by Crippen LogP contribution is 2.32. The minimum Gasteiger partial charge on any atom is -0.444 e. The van der Waals surface area contributed by atoms with Gasteiger partial charge in [0.15, 0.2) is 0 Å². The first kappa shape index (κ1) is 18.2. The van der Waals surface area contributed by atoms with Crippen molar-refractivity contribution in [2.24, 2.45) is 13.0 Å². The first-order chi connectivity index (χ1) is 13.5. The predicted molar refractivity (Wildman–Crippen MR) is 104 cm³/mol. The topological polar surface area (TPSA) is 96.4 Å². The molecule has 0 radical (unpaired) electrons. The molecule has 1 aromatic carbocycles. The molecule has 8 nitrogen and oxygen atoms in total. The normalized spacial score (nSPS) is 19.2. The summed E-state index contributed by atoms with van der Waals surface area (Å²) in [7, 11) is 1.86. The molecule has 1 aliphatic rings. The number of aromatic nitrogens is 3. The molecule has 0 unspecified atom stereocenters. The molecule has 0 saturated carbocycles. The van der Waals surface area contributed by atoms with Crippen LogP contribution in [-0.2, 0) is 7.05 Å². The summed E-state index contributed by atoms with van der Waals surface area (Å²) in [5.41, 5.74) is 3.31. The van der Waals surface area contributed by atoms with E-state index in [-0.39, 0.29) is 24.5 Å². The zero-order chi connectivity index (χ0) is 19.7. The summed E-state index contributed by atoms with van der Waals surface area (Å²) in [4.78, 5) is 18.8. The van der Waals surface area contributed by atoms with Crippen LogP contribution in [0.2, 0.25) is 0 Å². The SMILES string of the molecule is Cc1coc(-c2cccc(NC(=O)N3C[C@@H](CO)[C@H](c4cnn(C)c4)C3)c2)n1. The van der Waals surface area contributed by atoms with Gasteiger partial charge < -0.3 is 19.7 Å². The van der Waals surface area contributed by atoms with Crippen molar-refractivity contribution in [2.45, 2.75) is 12.8 Å².